The molecule has 2 aliphatic heterocycles. The van der Waals surface area contributed by atoms with Gasteiger partial charge in [-0.1, -0.05) is 0 Å². The number of amides is 1. The molecule has 0 bridgehead atoms. The van der Waals surface area contributed by atoms with Gasteiger partial charge in [0.25, 0.3) is 5.91 Å². The molecule has 1 atom stereocenters. The minimum Gasteiger partial charge on any atom is -0.370 e. The maximum atomic E-state index is 14.3. The van der Waals surface area contributed by atoms with Crippen molar-refractivity contribution in [1.82, 2.24) is 5.32 Å². The zero-order valence-electron chi connectivity index (χ0n) is 14.3. The predicted octanol–water partition coefficient (Wildman–Crippen LogP) is 3.62. The van der Waals surface area contributed by atoms with Crippen LogP contribution in [-0.4, -0.2) is 19.0 Å². The van der Waals surface area contributed by atoms with Gasteiger partial charge in [-0.25, -0.2) is 8.78 Å². The minimum absolute atomic E-state index is 0.201. The van der Waals surface area contributed by atoms with Crippen molar-refractivity contribution in [3.63, 3.8) is 0 Å². The van der Waals surface area contributed by atoms with Gasteiger partial charge in [-0.3, -0.25) is 4.79 Å². The Morgan fingerprint density at radius 1 is 1.23 bits per heavy atom. The van der Waals surface area contributed by atoms with E-state index in [1.165, 1.54) is 12.1 Å². The summed E-state index contributed by atoms with van der Waals surface area (Å²) in [7, 11) is 0. The summed E-state index contributed by atoms with van der Waals surface area (Å²) < 4.78 is 27.5. The number of nitrogens with one attached hydrogen (secondary N) is 1. The molecule has 1 N–H and O–H groups in total. The number of nitrogens with zero attached hydrogens (tertiary/aromatic N) is 2. The van der Waals surface area contributed by atoms with E-state index in [2.05, 4.69) is 16.3 Å². The number of nitriles is 1. The Balaban J connectivity index is 1.85. The molecule has 2 aromatic carbocycles. The fourth-order valence-electron chi connectivity index (χ4n) is 3.73. The fourth-order valence-corrected chi connectivity index (χ4v) is 3.73. The molecule has 4 nitrogen and oxygen atoms in total. The molecule has 26 heavy (non-hydrogen) atoms. The Hall–Kier alpha value is -2.94. The number of anilines is 1. The Morgan fingerprint density at radius 3 is 2.73 bits per heavy atom. The first kappa shape index (κ1) is 16.5. The van der Waals surface area contributed by atoms with Gasteiger partial charge in [0.15, 0.2) is 0 Å². The molecule has 1 fully saturated rings. The Labute approximate surface area is 150 Å². The number of halogens is 2. The van der Waals surface area contributed by atoms with Gasteiger partial charge in [-0.2, -0.15) is 5.26 Å². The van der Waals surface area contributed by atoms with Crippen LogP contribution in [0.25, 0.3) is 11.1 Å². The second kappa shape index (κ2) is 5.80. The van der Waals surface area contributed by atoms with Crippen LogP contribution in [0.3, 0.4) is 0 Å². The van der Waals surface area contributed by atoms with Crippen LogP contribution < -0.4 is 10.2 Å². The van der Waals surface area contributed by atoms with E-state index in [-0.39, 0.29) is 11.5 Å². The van der Waals surface area contributed by atoms with Crippen molar-refractivity contribution >= 4 is 11.6 Å². The molecular weight excluding hydrogens is 336 g/mol. The van der Waals surface area contributed by atoms with Crippen LogP contribution in [0.15, 0.2) is 30.3 Å². The number of carbonyl (C=O) groups excluding carboxylic acids is 1. The van der Waals surface area contributed by atoms with Gasteiger partial charge in [0.05, 0.1) is 11.5 Å². The van der Waals surface area contributed by atoms with Gasteiger partial charge < -0.3 is 10.2 Å². The lowest BCUT2D eigenvalue weighted by molar-refractivity contribution is 0.0966. The molecule has 2 aromatic rings. The van der Waals surface area contributed by atoms with Crippen molar-refractivity contribution in [3.8, 4) is 17.2 Å². The molecule has 0 radical (unpaired) electrons. The van der Waals surface area contributed by atoms with Crippen molar-refractivity contribution in [2.24, 2.45) is 5.41 Å². The molecule has 132 valence electrons. The number of fused-ring (bicyclic) bond motifs is 1. The maximum absolute atomic E-state index is 14.3. The van der Waals surface area contributed by atoms with E-state index in [1.54, 1.807) is 6.07 Å². The van der Waals surface area contributed by atoms with Gasteiger partial charge in [0, 0.05) is 48.1 Å². The van der Waals surface area contributed by atoms with Crippen LogP contribution in [0.2, 0.25) is 0 Å². The van der Waals surface area contributed by atoms with E-state index in [0.29, 0.717) is 30.8 Å². The summed E-state index contributed by atoms with van der Waals surface area (Å²) in [4.78, 5) is 14.3. The average molecular weight is 353 g/mol. The van der Waals surface area contributed by atoms with Gasteiger partial charge in [0.2, 0.25) is 0 Å². The summed E-state index contributed by atoms with van der Waals surface area (Å²) >= 11 is 0. The number of carbonyl (C=O) groups is 1. The molecule has 0 saturated carbocycles. The lowest BCUT2D eigenvalue weighted by Gasteiger charge is -2.23. The topological polar surface area (TPSA) is 56.1 Å². The summed E-state index contributed by atoms with van der Waals surface area (Å²) in [5.74, 6) is -1.51. The fraction of sp³-hybridized carbons (Fsp3) is 0.300. The molecule has 1 unspecified atom stereocenters. The number of rotatable bonds is 2. The Morgan fingerprint density at radius 2 is 2.04 bits per heavy atom. The monoisotopic (exact) mass is 353 g/mol. The maximum Gasteiger partial charge on any atom is 0.251 e. The second-order valence-electron chi connectivity index (χ2n) is 7.17. The zero-order valence-corrected chi connectivity index (χ0v) is 14.3. The van der Waals surface area contributed by atoms with E-state index in [1.807, 2.05) is 13.0 Å². The summed E-state index contributed by atoms with van der Waals surface area (Å²) in [6.07, 6.45) is 0.731. The Bertz CT molecular complexity index is 966. The first-order valence-electron chi connectivity index (χ1n) is 8.47. The SMILES string of the molecule is CC1(C#N)CCN(c2cc(-c3ccc(F)cc3F)cc3c2CNC3=O)C1. The van der Waals surface area contributed by atoms with Crippen LogP contribution in [0, 0.1) is 28.4 Å². The standard InChI is InChI=1S/C20H17F2N3O/c1-20(10-23)4-5-25(11-20)18-7-12(6-15-16(18)9-24-19(15)26)14-3-2-13(21)8-17(14)22/h2-3,6-8H,4-5,9,11H2,1H3,(H,24,26). The predicted molar refractivity (Wildman–Crippen MR) is 93.5 cm³/mol. The van der Waals surface area contributed by atoms with E-state index < -0.39 is 17.0 Å². The van der Waals surface area contributed by atoms with Gasteiger partial charge in [0.1, 0.15) is 11.6 Å². The first-order valence-corrected chi connectivity index (χ1v) is 8.47. The van der Waals surface area contributed by atoms with Crippen LogP contribution in [0.1, 0.15) is 29.3 Å². The average Bonchev–Trinajstić information content (AvgIpc) is 3.19. The van der Waals surface area contributed by atoms with Gasteiger partial charge in [-0.05, 0) is 43.2 Å². The van der Waals surface area contributed by atoms with E-state index in [9.17, 15) is 18.8 Å². The normalized spacial score (nSPS) is 21.5. The summed E-state index contributed by atoms with van der Waals surface area (Å²) in [6.45, 7) is 3.58. The van der Waals surface area contributed by atoms with Crippen molar-refractivity contribution in [2.75, 3.05) is 18.0 Å². The second-order valence-corrected chi connectivity index (χ2v) is 7.17. The third-order valence-electron chi connectivity index (χ3n) is 5.22. The van der Waals surface area contributed by atoms with Crippen LogP contribution in [-0.2, 0) is 6.54 Å². The van der Waals surface area contributed by atoms with Crippen molar-refractivity contribution in [3.05, 3.63) is 53.1 Å². The third-order valence-corrected chi connectivity index (χ3v) is 5.22. The van der Waals surface area contributed by atoms with E-state index in [0.717, 1.165) is 23.7 Å². The summed E-state index contributed by atoms with van der Waals surface area (Å²) in [6, 6.07) is 9.26. The molecule has 1 saturated heterocycles. The lowest BCUT2D eigenvalue weighted by Crippen LogP contribution is -2.24. The smallest absolute Gasteiger partial charge is 0.251 e. The van der Waals surface area contributed by atoms with Crippen LogP contribution in [0.4, 0.5) is 14.5 Å². The molecule has 2 aliphatic rings. The Kier molecular flexibility index (Phi) is 3.69. The molecule has 6 heteroatoms. The highest BCUT2D eigenvalue weighted by atomic mass is 19.1. The molecular formula is C20H17F2N3O. The highest BCUT2D eigenvalue weighted by Crippen LogP contribution is 2.39. The number of benzene rings is 2. The minimum atomic E-state index is -0.669. The molecule has 0 aliphatic carbocycles. The molecule has 1 amide bonds. The highest BCUT2D eigenvalue weighted by Gasteiger charge is 2.36. The summed E-state index contributed by atoms with van der Waals surface area (Å²) in [5, 5.41) is 12.2. The van der Waals surface area contributed by atoms with E-state index in [4.69, 9.17) is 0 Å². The van der Waals surface area contributed by atoms with Crippen molar-refractivity contribution < 1.29 is 13.6 Å². The molecule has 0 aromatic heterocycles. The van der Waals surface area contributed by atoms with Crippen molar-refractivity contribution in [2.45, 2.75) is 19.9 Å². The van der Waals surface area contributed by atoms with Crippen LogP contribution in [0.5, 0.6) is 0 Å². The molecule has 2 heterocycles. The highest BCUT2D eigenvalue weighted by molar-refractivity contribution is 6.01. The quantitative estimate of drug-likeness (QED) is 0.897. The van der Waals surface area contributed by atoms with Gasteiger partial charge >= 0.3 is 0 Å². The number of hydrogen-bond acceptors (Lipinski definition) is 3. The largest absolute Gasteiger partial charge is 0.370 e. The molecule has 4 rings (SSSR count). The zero-order chi connectivity index (χ0) is 18.5. The lowest BCUT2D eigenvalue weighted by atomic mass is 9.92. The van der Waals surface area contributed by atoms with Crippen molar-refractivity contribution in [1.29, 1.82) is 5.26 Å². The third kappa shape index (κ3) is 2.60. The molecule has 0 spiro atoms. The summed E-state index contributed by atoms with van der Waals surface area (Å²) in [5.41, 5.74) is 2.53. The number of hydrogen-bond donors (Lipinski definition) is 1. The van der Waals surface area contributed by atoms with E-state index >= 15 is 0 Å². The van der Waals surface area contributed by atoms with Gasteiger partial charge in [-0.15, -0.1) is 0 Å². The van der Waals surface area contributed by atoms with Crippen LogP contribution >= 0.6 is 0 Å². The first-order chi connectivity index (χ1) is 12.4.